The number of nitrogens with one attached hydrogen (secondary N) is 2. The first kappa shape index (κ1) is 29.7. The van der Waals surface area contributed by atoms with Crippen molar-refractivity contribution in [3.63, 3.8) is 0 Å². The Kier molecular flexibility index (Phi) is 13.2. The molecule has 1 aliphatic heterocycles. The molecule has 1 saturated heterocycles. The minimum Gasteiger partial charge on any atom is -0.357 e. The van der Waals surface area contributed by atoms with Crippen LogP contribution in [0.1, 0.15) is 46.5 Å². The fraction of sp³-hybridized carbons (Fsp3) is 0.947. The molecule has 1 heterocycles. The van der Waals surface area contributed by atoms with Crippen LogP contribution < -0.4 is 10.6 Å². The molecule has 1 aliphatic rings. The highest BCUT2D eigenvalue weighted by atomic mass is 127. The number of likely N-dealkylation sites (tertiary alicyclic amines) is 1. The van der Waals surface area contributed by atoms with Crippen LogP contribution in [0.15, 0.2) is 4.99 Å². The van der Waals surface area contributed by atoms with Crippen molar-refractivity contribution in [1.29, 1.82) is 0 Å². The highest BCUT2D eigenvalue weighted by Crippen LogP contribution is 2.24. The molecule has 0 spiro atoms. The van der Waals surface area contributed by atoms with Gasteiger partial charge in [0.25, 0.3) is 0 Å². The minimum atomic E-state index is -4.12. The van der Waals surface area contributed by atoms with E-state index >= 15 is 0 Å². The highest BCUT2D eigenvalue weighted by Gasteiger charge is 2.32. The molecule has 0 atom stereocenters. The van der Waals surface area contributed by atoms with E-state index in [9.17, 15) is 21.6 Å². The van der Waals surface area contributed by atoms with Gasteiger partial charge >= 0.3 is 6.18 Å². The maximum absolute atomic E-state index is 12.5. The lowest BCUT2D eigenvalue weighted by Crippen LogP contribution is -2.42. The fourth-order valence-corrected chi connectivity index (χ4v) is 4.18. The Morgan fingerprint density at radius 2 is 1.77 bits per heavy atom. The summed E-state index contributed by atoms with van der Waals surface area (Å²) < 4.78 is 60.1. The van der Waals surface area contributed by atoms with Crippen molar-refractivity contribution < 1.29 is 21.6 Å². The highest BCUT2D eigenvalue weighted by molar-refractivity contribution is 14.0. The quantitative estimate of drug-likeness (QED) is 0.240. The summed E-state index contributed by atoms with van der Waals surface area (Å²) in [6.07, 6.45) is 0.118. The van der Waals surface area contributed by atoms with Gasteiger partial charge in [0.15, 0.2) is 5.96 Å². The third-order valence-corrected chi connectivity index (χ3v) is 6.06. The zero-order valence-electron chi connectivity index (χ0n) is 18.5. The van der Waals surface area contributed by atoms with Crippen LogP contribution in [-0.4, -0.2) is 76.7 Å². The first-order valence-electron chi connectivity index (χ1n) is 10.3. The molecule has 0 aliphatic carbocycles. The fourth-order valence-electron chi connectivity index (χ4n) is 3.26. The van der Waals surface area contributed by atoms with Crippen molar-refractivity contribution in [3.05, 3.63) is 0 Å². The van der Waals surface area contributed by atoms with Gasteiger partial charge in [-0.1, -0.05) is 13.8 Å². The molecule has 1 rings (SSSR count). The second-order valence-corrected chi connectivity index (χ2v) is 11.0. The number of hydrogen-bond donors (Lipinski definition) is 2. The van der Waals surface area contributed by atoms with Crippen molar-refractivity contribution in [2.45, 2.75) is 52.6 Å². The first-order chi connectivity index (χ1) is 13.3. The number of alkyl halides is 3. The number of guanidine groups is 1. The molecule has 0 aromatic rings. The lowest BCUT2D eigenvalue weighted by Gasteiger charge is -2.32. The van der Waals surface area contributed by atoms with Crippen molar-refractivity contribution in [2.75, 3.05) is 51.3 Å². The molecule has 30 heavy (non-hydrogen) atoms. The predicted octanol–water partition coefficient (Wildman–Crippen LogP) is 3.28. The van der Waals surface area contributed by atoms with Gasteiger partial charge in [-0.25, -0.2) is 8.42 Å². The van der Waals surface area contributed by atoms with Crippen LogP contribution in [0.2, 0.25) is 0 Å². The van der Waals surface area contributed by atoms with E-state index in [1.807, 2.05) is 20.8 Å². The van der Waals surface area contributed by atoms with Crippen LogP contribution in [0.25, 0.3) is 0 Å². The summed E-state index contributed by atoms with van der Waals surface area (Å²) in [5.74, 6) is 1.25. The van der Waals surface area contributed by atoms with Gasteiger partial charge in [0.2, 0.25) is 0 Å². The molecule has 0 bridgehead atoms. The van der Waals surface area contributed by atoms with E-state index in [1.165, 1.54) is 11.2 Å². The summed E-state index contributed by atoms with van der Waals surface area (Å²) >= 11 is 0. The molecule has 0 unspecified atom stereocenters. The van der Waals surface area contributed by atoms with Gasteiger partial charge in [-0.2, -0.15) is 13.2 Å². The molecule has 11 heteroatoms. The standard InChI is InChI=1S/C19H37F3N4O2S.HI/c1-5-23-17(25-14-18(2,3)9-13-29(4,27)28)24-10-6-16-7-11-26(12-8-16)15-19(20,21)22;/h16H,5-15H2,1-4H3,(H2,23,24,25);1H. The lowest BCUT2D eigenvalue weighted by molar-refractivity contribution is -0.148. The van der Waals surface area contributed by atoms with Crippen LogP contribution >= 0.6 is 24.0 Å². The number of rotatable bonds is 10. The topological polar surface area (TPSA) is 73.8 Å². The van der Waals surface area contributed by atoms with E-state index in [2.05, 4.69) is 15.6 Å². The van der Waals surface area contributed by atoms with Crippen LogP contribution in [0.5, 0.6) is 0 Å². The molecule has 1 fully saturated rings. The van der Waals surface area contributed by atoms with Crippen molar-refractivity contribution in [3.8, 4) is 0 Å². The Balaban J connectivity index is 0.00000841. The number of halogens is 4. The van der Waals surface area contributed by atoms with E-state index < -0.39 is 22.6 Å². The monoisotopic (exact) mass is 570 g/mol. The Morgan fingerprint density at radius 1 is 1.17 bits per heavy atom. The molecule has 6 nitrogen and oxygen atoms in total. The molecule has 0 radical (unpaired) electrons. The van der Waals surface area contributed by atoms with Crippen LogP contribution in [0.3, 0.4) is 0 Å². The van der Waals surface area contributed by atoms with Gasteiger partial charge in [0.05, 0.1) is 12.3 Å². The summed E-state index contributed by atoms with van der Waals surface area (Å²) in [6.45, 7) is 8.07. The van der Waals surface area contributed by atoms with Gasteiger partial charge < -0.3 is 10.6 Å². The SMILES string of the molecule is CCNC(=NCC(C)(C)CCS(C)(=O)=O)NCCC1CCN(CC(F)(F)F)CC1.I. The Morgan fingerprint density at radius 3 is 2.27 bits per heavy atom. The molecule has 0 aromatic heterocycles. The van der Waals surface area contributed by atoms with E-state index in [-0.39, 0.29) is 35.1 Å². The first-order valence-corrected chi connectivity index (χ1v) is 12.3. The summed E-state index contributed by atoms with van der Waals surface area (Å²) in [5.41, 5.74) is -0.225. The van der Waals surface area contributed by atoms with Crippen molar-refractivity contribution in [1.82, 2.24) is 15.5 Å². The molecule has 0 saturated carbocycles. The summed E-state index contributed by atoms with van der Waals surface area (Å²) in [6, 6.07) is 0. The van der Waals surface area contributed by atoms with Gasteiger partial charge in [-0.15, -0.1) is 24.0 Å². The number of sulfone groups is 1. The number of hydrogen-bond acceptors (Lipinski definition) is 4. The average molecular weight is 571 g/mol. The van der Waals surface area contributed by atoms with Gasteiger partial charge in [-0.3, -0.25) is 9.89 Å². The second-order valence-electron chi connectivity index (χ2n) is 8.79. The van der Waals surface area contributed by atoms with E-state index in [1.54, 1.807) is 0 Å². The smallest absolute Gasteiger partial charge is 0.357 e. The summed E-state index contributed by atoms with van der Waals surface area (Å²) in [7, 11) is -2.99. The molecule has 2 N–H and O–H groups in total. The van der Waals surface area contributed by atoms with E-state index in [0.717, 1.165) is 19.3 Å². The van der Waals surface area contributed by atoms with Crippen LogP contribution in [0, 0.1) is 11.3 Å². The van der Waals surface area contributed by atoms with Gasteiger partial charge in [0.1, 0.15) is 9.84 Å². The molecular weight excluding hydrogens is 532 g/mol. The summed E-state index contributed by atoms with van der Waals surface area (Å²) in [5, 5.41) is 6.47. The molecule has 0 aromatic carbocycles. The second kappa shape index (κ2) is 13.3. The van der Waals surface area contributed by atoms with Crippen molar-refractivity contribution >= 4 is 39.8 Å². The normalized spacial score (nSPS) is 17.5. The van der Waals surface area contributed by atoms with Crippen LogP contribution in [-0.2, 0) is 9.84 Å². The van der Waals surface area contributed by atoms with E-state index in [4.69, 9.17) is 0 Å². The third kappa shape index (κ3) is 14.7. The lowest BCUT2D eigenvalue weighted by atomic mass is 9.90. The summed E-state index contributed by atoms with van der Waals surface area (Å²) in [4.78, 5) is 6.07. The Hall–Kier alpha value is -0.300. The number of nitrogens with zero attached hydrogens (tertiary/aromatic N) is 2. The Labute approximate surface area is 196 Å². The zero-order valence-corrected chi connectivity index (χ0v) is 21.7. The van der Waals surface area contributed by atoms with Gasteiger partial charge in [0, 0.05) is 25.9 Å². The number of aliphatic imine (C=N–C) groups is 1. The maximum Gasteiger partial charge on any atom is 0.401 e. The predicted molar refractivity (Wildman–Crippen MR) is 127 cm³/mol. The van der Waals surface area contributed by atoms with Crippen molar-refractivity contribution in [2.24, 2.45) is 16.3 Å². The minimum absolute atomic E-state index is 0. The van der Waals surface area contributed by atoms with Gasteiger partial charge in [-0.05, 0) is 57.0 Å². The maximum atomic E-state index is 12.5. The third-order valence-electron chi connectivity index (χ3n) is 5.11. The molecular formula is C19H38F3IN4O2S. The van der Waals surface area contributed by atoms with Crippen LogP contribution in [0.4, 0.5) is 13.2 Å². The van der Waals surface area contributed by atoms with E-state index in [0.29, 0.717) is 51.0 Å². The molecule has 180 valence electrons. The largest absolute Gasteiger partial charge is 0.401 e. The zero-order chi connectivity index (χ0) is 22.1. The average Bonchev–Trinajstić information content (AvgIpc) is 2.58. The Bertz CT molecular complexity index is 620. The number of piperidine rings is 1. The molecule has 0 amide bonds.